The maximum absolute atomic E-state index is 12.6. The van der Waals surface area contributed by atoms with Crippen molar-refractivity contribution in [1.29, 1.82) is 0 Å². The molecule has 0 bridgehead atoms. The SMILES string of the molecule is Cc1ccc(OCc2ccccc2)c(C(=O)C(F)F)c1. The van der Waals surface area contributed by atoms with Gasteiger partial charge < -0.3 is 4.74 Å². The van der Waals surface area contributed by atoms with Gasteiger partial charge in [0.05, 0.1) is 5.56 Å². The normalized spacial score (nSPS) is 10.6. The maximum Gasteiger partial charge on any atom is 0.300 e. The highest BCUT2D eigenvalue weighted by Gasteiger charge is 2.22. The zero-order valence-corrected chi connectivity index (χ0v) is 11.0. The fraction of sp³-hybridized carbons (Fsp3) is 0.188. The largest absolute Gasteiger partial charge is 0.488 e. The average Bonchev–Trinajstić information content (AvgIpc) is 2.46. The summed E-state index contributed by atoms with van der Waals surface area (Å²) in [6, 6.07) is 14.0. The Morgan fingerprint density at radius 2 is 1.85 bits per heavy atom. The van der Waals surface area contributed by atoms with E-state index in [1.807, 2.05) is 30.3 Å². The van der Waals surface area contributed by atoms with E-state index in [0.717, 1.165) is 11.1 Å². The zero-order chi connectivity index (χ0) is 14.5. The predicted molar refractivity (Wildman–Crippen MR) is 72.3 cm³/mol. The second-order valence-corrected chi connectivity index (χ2v) is 4.44. The van der Waals surface area contributed by atoms with Crippen LogP contribution in [0.5, 0.6) is 5.75 Å². The number of aryl methyl sites for hydroxylation is 1. The number of halogens is 2. The summed E-state index contributed by atoms with van der Waals surface area (Å²) < 4.78 is 30.7. The van der Waals surface area contributed by atoms with Crippen LogP contribution in [0.2, 0.25) is 0 Å². The predicted octanol–water partition coefficient (Wildman–Crippen LogP) is 4.02. The molecule has 20 heavy (non-hydrogen) atoms. The van der Waals surface area contributed by atoms with Crippen molar-refractivity contribution in [2.75, 3.05) is 0 Å². The van der Waals surface area contributed by atoms with Gasteiger partial charge in [0, 0.05) is 0 Å². The van der Waals surface area contributed by atoms with Crippen LogP contribution in [0.3, 0.4) is 0 Å². The smallest absolute Gasteiger partial charge is 0.300 e. The second kappa shape index (κ2) is 6.28. The minimum absolute atomic E-state index is 0.0732. The van der Waals surface area contributed by atoms with E-state index >= 15 is 0 Å². The number of carbonyl (C=O) groups excluding carboxylic acids is 1. The molecule has 0 unspecified atom stereocenters. The lowest BCUT2D eigenvalue weighted by Crippen LogP contribution is -2.12. The maximum atomic E-state index is 12.6. The van der Waals surface area contributed by atoms with E-state index in [2.05, 4.69) is 0 Å². The van der Waals surface area contributed by atoms with Gasteiger partial charge >= 0.3 is 6.43 Å². The van der Waals surface area contributed by atoms with Crippen LogP contribution in [0.1, 0.15) is 21.5 Å². The van der Waals surface area contributed by atoms with Crippen LogP contribution < -0.4 is 4.74 Å². The van der Waals surface area contributed by atoms with Crippen molar-refractivity contribution < 1.29 is 18.3 Å². The molecular weight excluding hydrogens is 262 g/mol. The Morgan fingerprint density at radius 3 is 2.50 bits per heavy atom. The Hall–Kier alpha value is -2.23. The third-order valence-electron chi connectivity index (χ3n) is 2.84. The molecule has 0 aliphatic carbocycles. The number of hydrogen-bond acceptors (Lipinski definition) is 2. The monoisotopic (exact) mass is 276 g/mol. The Kier molecular flexibility index (Phi) is 4.45. The molecule has 2 aromatic carbocycles. The summed E-state index contributed by atoms with van der Waals surface area (Å²) >= 11 is 0. The fourth-order valence-electron chi connectivity index (χ4n) is 1.82. The number of ketones is 1. The molecular formula is C16H14F2O2. The first-order chi connectivity index (χ1) is 9.58. The Morgan fingerprint density at radius 1 is 1.15 bits per heavy atom. The average molecular weight is 276 g/mol. The van der Waals surface area contributed by atoms with Crippen LogP contribution >= 0.6 is 0 Å². The summed E-state index contributed by atoms with van der Waals surface area (Å²) in [5, 5.41) is 0. The molecule has 0 fully saturated rings. The van der Waals surface area contributed by atoms with Crippen molar-refractivity contribution in [3.63, 3.8) is 0 Å². The van der Waals surface area contributed by atoms with E-state index in [0.29, 0.717) is 0 Å². The van der Waals surface area contributed by atoms with Gasteiger partial charge in [0.15, 0.2) is 0 Å². The van der Waals surface area contributed by atoms with Crippen molar-refractivity contribution in [3.05, 3.63) is 65.2 Å². The summed E-state index contributed by atoms with van der Waals surface area (Å²) in [5.41, 5.74) is 1.57. The van der Waals surface area contributed by atoms with Crippen LogP contribution in [-0.4, -0.2) is 12.2 Å². The summed E-state index contributed by atoms with van der Waals surface area (Å²) in [6.07, 6.45) is -3.03. The number of ether oxygens (including phenoxy) is 1. The van der Waals surface area contributed by atoms with E-state index in [9.17, 15) is 13.6 Å². The quantitative estimate of drug-likeness (QED) is 0.771. The molecule has 0 radical (unpaired) electrons. The summed E-state index contributed by atoms with van der Waals surface area (Å²) in [6.45, 7) is 1.97. The zero-order valence-electron chi connectivity index (χ0n) is 11.0. The summed E-state index contributed by atoms with van der Waals surface area (Å²) in [7, 11) is 0. The van der Waals surface area contributed by atoms with Gasteiger partial charge in [0.25, 0.3) is 0 Å². The lowest BCUT2D eigenvalue weighted by Gasteiger charge is -2.11. The van der Waals surface area contributed by atoms with Gasteiger partial charge in [-0.1, -0.05) is 42.0 Å². The van der Waals surface area contributed by atoms with Gasteiger partial charge in [-0.2, -0.15) is 0 Å². The first-order valence-electron chi connectivity index (χ1n) is 6.17. The minimum atomic E-state index is -3.03. The molecule has 0 saturated heterocycles. The second-order valence-electron chi connectivity index (χ2n) is 4.44. The number of benzene rings is 2. The van der Waals surface area contributed by atoms with E-state index in [1.165, 1.54) is 6.07 Å². The summed E-state index contributed by atoms with van der Waals surface area (Å²) in [4.78, 5) is 11.5. The molecule has 0 N–H and O–H groups in total. The first kappa shape index (κ1) is 14.2. The molecule has 0 aliphatic heterocycles. The standard InChI is InChI=1S/C16H14F2O2/c1-11-7-8-14(13(9-11)15(19)16(17)18)20-10-12-5-3-2-4-6-12/h2-9,16H,10H2,1H3. The third kappa shape index (κ3) is 3.41. The molecule has 0 heterocycles. The highest BCUT2D eigenvalue weighted by molar-refractivity contribution is 6.01. The number of alkyl halides is 2. The third-order valence-corrected chi connectivity index (χ3v) is 2.84. The van der Waals surface area contributed by atoms with Gasteiger partial charge in [-0.05, 0) is 24.6 Å². The molecule has 0 aliphatic rings. The number of hydrogen-bond donors (Lipinski definition) is 0. The van der Waals surface area contributed by atoms with Gasteiger partial charge in [-0.3, -0.25) is 4.79 Å². The van der Waals surface area contributed by atoms with Gasteiger partial charge in [0.2, 0.25) is 5.78 Å². The summed E-state index contributed by atoms with van der Waals surface area (Å²) in [5.74, 6) is -1.03. The fourth-order valence-corrected chi connectivity index (χ4v) is 1.82. The highest BCUT2D eigenvalue weighted by Crippen LogP contribution is 2.23. The van der Waals surface area contributed by atoms with E-state index in [4.69, 9.17) is 4.74 Å². The van der Waals surface area contributed by atoms with E-state index in [1.54, 1.807) is 19.1 Å². The van der Waals surface area contributed by atoms with Crippen LogP contribution in [0.4, 0.5) is 8.78 Å². The molecule has 0 aromatic heterocycles. The molecule has 2 rings (SSSR count). The molecule has 2 aromatic rings. The van der Waals surface area contributed by atoms with Gasteiger partial charge in [0.1, 0.15) is 12.4 Å². The molecule has 104 valence electrons. The Labute approximate surface area is 116 Å². The molecule has 2 nitrogen and oxygen atoms in total. The van der Waals surface area contributed by atoms with Crippen LogP contribution in [-0.2, 0) is 6.61 Å². The van der Waals surface area contributed by atoms with Crippen molar-refractivity contribution >= 4 is 5.78 Å². The number of carbonyl (C=O) groups is 1. The molecule has 0 atom stereocenters. The first-order valence-corrected chi connectivity index (χ1v) is 6.17. The van der Waals surface area contributed by atoms with E-state index in [-0.39, 0.29) is 17.9 Å². The molecule has 0 saturated carbocycles. The lowest BCUT2D eigenvalue weighted by atomic mass is 10.1. The Bertz CT molecular complexity index is 595. The lowest BCUT2D eigenvalue weighted by molar-refractivity contribution is 0.0674. The molecule has 0 spiro atoms. The van der Waals surface area contributed by atoms with Crippen molar-refractivity contribution in [2.45, 2.75) is 20.0 Å². The van der Waals surface area contributed by atoms with Crippen molar-refractivity contribution in [2.24, 2.45) is 0 Å². The number of Topliss-reactive ketones (excluding diaryl/α,β-unsaturated/α-hetero) is 1. The highest BCUT2D eigenvalue weighted by atomic mass is 19.3. The van der Waals surface area contributed by atoms with Crippen molar-refractivity contribution in [1.82, 2.24) is 0 Å². The van der Waals surface area contributed by atoms with Gasteiger partial charge in [-0.25, -0.2) is 8.78 Å². The van der Waals surface area contributed by atoms with Crippen molar-refractivity contribution in [3.8, 4) is 5.75 Å². The number of rotatable bonds is 5. The Balaban J connectivity index is 2.21. The topological polar surface area (TPSA) is 26.3 Å². The van der Waals surface area contributed by atoms with Crippen LogP contribution in [0.15, 0.2) is 48.5 Å². The van der Waals surface area contributed by atoms with E-state index < -0.39 is 12.2 Å². The molecule has 0 amide bonds. The van der Waals surface area contributed by atoms with Crippen LogP contribution in [0, 0.1) is 6.92 Å². The van der Waals surface area contributed by atoms with Crippen LogP contribution in [0.25, 0.3) is 0 Å². The molecule has 4 heteroatoms. The van der Waals surface area contributed by atoms with Gasteiger partial charge in [-0.15, -0.1) is 0 Å². The minimum Gasteiger partial charge on any atom is -0.488 e.